The summed E-state index contributed by atoms with van der Waals surface area (Å²) in [4.78, 5) is 8.57. The third-order valence-corrected chi connectivity index (χ3v) is 5.83. The van der Waals surface area contributed by atoms with E-state index in [0.29, 0.717) is 6.04 Å². The Morgan fingerprint density at radius 3 is 2.88 bits per heavy atom. The van der Waals surface area contributed by atoms with Crippen LogP contribution in [0.1, 0.15) is 17.7 Å². The smallest absolute Gasteiger partial charge is 0.0456 e. The number of para-hydroxylation sites is 1. The molecule has 0 spiro atoms. The number of aliphatic hydroxyl groups excluding tert-OH is 1. The fourth-order valence-corrected chi connectivity index (χ4v) is 4.47. The van der Waals surface area contributed by atoms with E-state index < -0.39 is 0 Å². The molecule has 1 aliphatic heterocycles. The lowest BCUT2D eigenvalue weighted by Crippen LogP contribution is -2.52. The summed E-state index contributed by atoms with van der Waals surface area (Å²) >= 11 is 1.76. The third-order valence-electron chi connectivity index (χ3n) is 5.10. The van der Waals surface area contributed by atoms with Gasteiger partial charge in [-0.15, -0.1) is 0 Å². The van der Waals surface area contributed by atoms with Gasteiger partial charge in [0.05, 0.1) is 0 Å². The molecule has 5 heteroatoms. The van der Waals surface area contributed by atoms with Crippen LogP contribution in [0.2, 0.25) is 0 Å². The second kappa shape index (κ2) is 7.70. The first-order chi connectivity index (χ1) is 12.3. The number of nitrogens with one attached hydrogen (secondary N) is 1. The Morgan fingerprint density at radius 1 is 1.16 bits per heavy atom. The number of aromatic amines is 1. The molecule has 1 saturated heterocycles. The molecular weight excluding hydrogens is 330 g/mol. The van der Waals surface area contributed by atoms with Crippen molar-refractivity contribution in [3.63, 3.8) is 0 Å². The van der Waals surface area contributed by atoms with Gasteiger partial charge in [0.1, 0.15) is 0 Å². The van der Waals surface area contributed by atoms with Crippen molar-refractivity contribution >= 4 is 22.2 Å². The zero-order valence-corrected chi connectivity index (χ0v) is 15.2. The van der Waals surface area contributed by atoms with Crippen molar-refractivity contribution < 1.29 is 5.11 Å². The van der Waals surface area contributed by atoms with E-state index in [4.69, 9.17) is 0 Å². The van der Waals surface area contributed by atoms with Gasteiger partial charge >= 0.3 is 0 Å². The summed E-state index contributed by atoms with van der Waals surface area (Å²) in [6, 6.07) is 13.3. The van der Waals surface area contributed by atoms with Gasteiger partial charge < -0.3 is 10.1 Å². The molecule has 25 heavy (non-hydrogen) atoms. The van der Waals surface area contributed by atoms with Crippen LogP contribution in [0.4, 0.5) is 0 Å². The number of benzene rings is 1. The zero-order chi connectivity index (χ0) is 17.1. The van der Waals surface area contributed by atoms with Gasteiger partial charge in [0.2, 0.25) is 0 Å². The Hall–Kier alpha value is -1.66. The highest BCUT2D eigenvalue weighted by Crippen LogP contribution is 2.21. The second-order valence-electron chi connectivity index (χ2n) is 6.89. The number of hydrogen-bond donors (Lipinski definition) is 2. The Morgan fingerprint density at radius 2 is 2.08 bits per heavy atom. The Labute approximate surface area is 152 Å². The van der Waals surface area contributed by atoms with Gasteiger partial charge in [0.15, 0.2) is 0 Å². The lowest BCUT2D eigenvalue weighted by molar-refractivity contribution is 0.0496. The summed E-state index contributed by atoms with van der Waals surface area (Å²) in [5.74, 6) is 0. The maximum Gasteiger partial charge on any atom is 0.0456 e. The first-order valence-electron chi connectivity index (χ1n) is 8.97. The van der Waals surface area contributed by atoms with Gasteiger partial charge in [-0.1, -0.05) is 18.2 Å². The van der Waals surface area contributed by atoms with Gasteiger partial charge in [-0.05, 0) is 46.3 Å². The van der Waals surface area contributed by atoms with Crippen molar-refractivity contribution in [2.45, 2.75) is 25.6 Å². The van der Waals surface area contributed by atoms with Crippen LogP contribution >= 0.6 is 11.3 Å². The minimum atomic E-state index is 0.255. The standard InChI is InChI=1S/C20H25N3OS/c24-9-5-19-14-22(7-8-23(19)12-16-6-10-25-15-16)13-18-11-17-3-1-2-4-20(17)21-18/h1-4,6,10-11,15,19,21,24H,5,7-9,12-14H2/t19-/m1/s1. The molecule has 0 aliphatic carbocycles. The molecule has 2 N–H and O–H groups in total. The topological polar surface area (TPSA) is 42.5 Å². The van der Waals surface area contributed by atoms with Gasteiger partial charge in [0.25, 0.3) is 0 Å². The molecule has 3 aromatic rings. The fourth-order valence-electron chi connectivity index (χ4n) is 3.81. The van der Waals surface area contributed by atoms with Crippen molar-refractivity contribution in [1.82, 2.24) is 14.8 Å². The number of rotatable bonds is 6. The monoisotopic (exact) mass is 355 g/mol. The highest BCUT2D eigenvalue weighted by molar-refractivity contribution is 7.07. The molecule has 1 atom stereocenters. The summed E-state index contributed by atoms with van der Waals surface area (Å²) in [5.41, 5.74) is 3.87. The van der Waals surface area contributed by atoms with Crippen LogP contribution in [0.15, 0.2) is 47.2 Å². The summed E-state index contributed by atoms with van der Waals surface area (Å²) in [6.07, 6.45) is 0.841. The quantitative estimate of drug-likeness (QED) is 0.713. The average molecular weight is 356 g/mol. The number of aromatic nitrogens is 1. The zero-order valence-electron chi connectivity index (χ0n) is 14.4. The molecule has 0 bridgehead atoms. The Kier molecular flexibility index (Phi) is 5.17. The normalized spacial score (nSPS) is 19.6. The second-order valence-corrected chi connectivity index (χ2v) is 7.67. The van der Waals surface area contributed by atoms with Crippen LogP contribution in [0.25, 0.3) is 10.9 Å². The van der Waals surface area contributed by atoms with Crippen LogP contribution in [0.5, 0.6) is 0 Å². The minimum Gasteiger partial charge on any atom is -0.396 e. The third kappa shape index (κ3) is 3.96. The van der Waals surface area contributed by atoms with Crippen LogP contribution in [0.3, 0.4) is 0 Å². The lowest BCUT2D eigenvalue weighted by Gasteiger charge is -2.41. The number of H-pyrrole nitrogens is 1. The van der Waals surface area contributed by atoms with Crippen LogP contribution in [-0.2, 0) is 13.1 Å². The SMILES string of the molecule is OCC[C@@H]1CN(Cc2cc3ccccc3[nH]2)CCN1Cc1ccsc1. The van der Waals surface area contributed by atoms with Crippen LogP contribution in [0, 0.1) is 0 Å². The summed E-state index contributed by atoms with van der Waals surface area (Å²) in [7, 11) is 0. The van der Waals surface area contributed by atoms with Crippen molar-refractivity contribution in [3.05, 3.63) is 58.4 Å². The van der Waals surface area contributed by atoms with E-state index in [1.165, 1.54) is 22.2 Å². The summed E-state index contributed by atoms with van der Waals surface area (Å²) in [5, 5.41) is 15.1. The molecule has 0 unspecified atom stereocenters. The molecule has 4 nitrogen and oxygen atoms in total. The number of aliphatic hydroxyl groups is 1. The van der Waals surface area contributed by atoms with E-state index in [1.807, 2.05) is 0 Å². The fraction of sp³-hybridized carbons (Fsp3) is 0.400. The molecule has 1 fully saturated rings. The molecule has 1 aromatic carbocycles. The predicted molar refractivity (Wildman–Crippen MR) is 104 cm³/mol. The van der Waals surface area contributed by atoms with Crippen molar-refractivity contribution in [1.29, 1.82) is 0 Å². The molecule has 4 rings (SSSR count). The summed E-state index contributed by atoms with van der Waals surface area (Å²) in [6.45, 7) is 5.34. The Balaban J connectivity index is 1.42. The maximum absolute atomic E-state index is 9.48. The predicted octanol–water partition coefficient (Wildman–Crippen LogP) is 3.30. The first-order valence-corrected chi connectivity index (χ1v) is 9.91. The van der Waals surface area contributed by atoms with E-state index >= 15 is 0 Å². The van der Waals surface area contributed by atoms with E-state index in [9.17, 15) is 5.11 Å². The average Bonchev–Trinajstić information content (AvgIpc) is 3.26. The van der Waals surface area contributed by atoms with Crippen molar-refractivity contribution in [2.24, 2.45) is 0 Å². The van der Waals surface area contributed by atoms with Gasteiger partial charge in [-0.25, -0.2) is 0 Å². The first kappa shape index (κ1) is 16.8. The molecule has 0 amide bonds. The number of piperazine rings is 1. The molecule has 2 aromatic heterocycles. The number of hydrogen-bond acceptors (Lipinski definition) is 4. The van der Waals surface area contributed by atoms with Gasteiger partial charge in [-0.3, -0.25) is 9.80 Å². The minimum absolute atomic E-state index is 0.255. The maximum atomic E-state index is 9.48. The van der Waals surface area contributed by atoms with Crippen molar-refractivity contribution in [2.75, 3.05) is 26.2 Å². The number of nitrogens with zero attached hydrogens (tertiary/aromatic N) is 2. The highest BCUT2D eigenvalue weighted by atomic mass is 32.1. The molecular formula is C20H25N3OS. The van der Waals surface area contributed by atoms with Crippen molar-refractivity contribution in [3.8, 4) is 0 Å². The van der Waals surface area contributed by atoms with E-state index in [2.05, 4.69) is 61.9 Å². The molecule has 1 aliphatic rings. The van der Waals surface area contributed by atoms with Crippen LogP contribution in [-0.4, -0.2) is 52.2 Å². The van der Waals surface area contributed by atoms with E-state index in [1.54, 1.807) is 11.3 Å². The van der Waals surface area contributed by atoms with Crippen LogP contribution < -0.4 is 0 Å². The van der Waals surface area contributed by atoms with E-state index in [0.717, 1.165) is 39.1 Å². The Bertz CT molecular complexity index is 765. The highest BCUT2D eigenvalue weighted by Gasteiger charge is 2.26. The van der Waals surface area contributed by atoms with Gasteiger partial charge in [0, 0.05) is 56.6 Å². The molecule has 0 saturated carbocycles. The van der Waals surface area contributed by atoms with Gasteiger partial charge in [-0.2, -0.15) is 11.3 Å². The molecule has 3 heterocycles. The number of fused-ring (bicyclic) bond motifs is 1. The number of thiophene rings is 1. The molecule has 132 valence electrons. The molecule has 0 radical (unpaired) electrons. The lowest BCUT2D eigenvalue weighted by atomic mass is 10.1. The summed E-state index contributed by atoms with van der Waals surface area (Å²) < 4.78 is 0. The largest absolute Gasteiger partial charge is 0.396 e. The van der Waals surface area contributed by atoms with E-state index in [-0.39, 0.29) is 6.61 Å².